The van der Waals surface area contributed by atoms with Crippen LogP contribution in [0.5, 0.6) is 0 Å². The Balaban J connectivity index is 3.19. The van der Waals surface area contributed by atoms with Gasteiger partial charge in [-0.3, -0.25) is 5.84 Å². The highest BCUT2D eigenvalue weighted by Crippen LogP contribution is 2.28. The van der Waals surface area contributed by atoms with Gasteiger partial charge < -0.3 is 5.43 Å². The van der Waals surface area contributed by atoms with Gasteiger partial charge in [-0.1, -0.05) is 12.1 Å². The third-order valence-corrected chi connectivity index (χ3v) is 2.00. The smallest absolute Gasteiger partial charge is 0.264 e. The van der Waals surface area contributed by atoms with E-state index in [0.717, 1.165) is 0 Å². The minimum atomic E-state index is -2.53. The highest BCUT2D eigenvalue weighted by molar-refractivity contribution is 6.17. The molecule has 0 saturated heterocycles. The lowest BCUT2D eigenvalue weighted by Gasteiger charge is -2.10. The summed E-state index contributed by atoms with van der Waals surface area (Å²) in [6, 6.07) is 4.44. The van der Waals surface area contributed by atoms with Crippen LogP contribution < -0.4 is 11.3 Å². The summed E-state index contributed by atoms with van der Waals surface area (Å²) in [5, 5.41) is 0. The van der Waals surface area contributed by atoms with Crippen molar-refractivity contribution in [3.05, 3.63) is 29.3 Å². The lowest BCUT2D eigenvalue weighted by Crippen LogP contribution is -2.10. The molecule has 0 aliphatic rings. The number of anilines is 1. The first-order chi connectivity index (χ1) is 6.20. The molecule has 0 saturated carbocycles. The molecule has 1 aromatic rings. The first-order valence-electron chi connectivity index (χ1n) is 3.63. The molecule has 3 N–H and O–H groups in total. The number of nitrogens with one attached hydrogen (secondary N) is 1. The largest absolute Gasteiger partial charge is 0.324 e. The van der Waals surface area contributed by atoms with Crippen LogP contribution in [-0.2, 0) is 5.88 Å². The van der Waals surface area contributed by atoms with Crippen LogP contribution in [0, 0.1) is 0 Å². The number of hydrazine groups is 1. The number of halogens is 3. The maximum Gasteiger partial charge on any atom is 0.264 e. The van der Waals surface area contributed by atoms with Crippen LogP contribution in [0.4, 0.5) is 14.5 Å². The van der Waals surface area contributed by atoms with E-state index in [2.05, 4.69) is 5.43 Å². The average Bonchev–Trinajstić information content (AvgIpc) is 2.16. The van der Waals surface area contributed by atoms with Crippen LogP contribution >= 0.6 is 11.6 Å². The molecule has 0 aliphatic heterocycles. The summed E-state index contributed by atoms with van der Waals surface area (Å²) in [5.74, 6) is 5.16. The van der Waals surface area contributed by atoms with Crippen molar-refractivity contribution >= 4 is 17.3 Å². The lowest BCUT2D eigenvalue weighted by molar-refractivity contribution is 0.150. The minimum absolute atomic E-state index is 0.0139. The van der Waals surface area contributed by atoms with Crippen LogP contribution in [0.2, 0.25) is 0 Å². The Morgan fingerprint density at radius 3 is 2.62 bits per heavy atom. The van der Waals surface area contributed by atoms with Gasteiger partial charge in [0.25, 0.3) is 6.43 Å². The fourth-order valence-electron chi connectivity index (χ4n) is 1.09. The maximum absolute atomic E-state index is 12.4. The van der Waals surface area contributed by atoms with Crippen LogP contribution in [0.15, 0.2) is 18.2 Å². The fraction of sp³-hybridized carbons (Fsp3) is 0.250. The topological polar surface area (TPSA) is 38.0 Å². The Kier molecular flexibility index (Phi) is 3.45. The molecule has 1 rings (SSSR count). The van der Waals surface area contributed by atoms with Crippen molar-refractivity contribution in [2.45, 2.75) is 12.3 Å². The zero-order valence-electron chi connectivity index (χ0n) is 6.73. The van der Waals surface area contributed by atoms with E-state index in [1.54, 1.807) is 6.07 Å². The van der Waals surface area contributed by atoms with Crippen LogP contribution in [0.25, 0.3) is 0 Å². The summed E-state index contributed by atoms with van der Waals surface area (Å²) in [5.41, 5.74) is 3.03. The standard InChI is InChI=1S/C8H9ClF2N2/c9-4-6-5(8(10)11)2-1-3-7(6)13-12/h1-3,8,13H,4,12H2. The zero-order chi connectivity index (χ0) is 9.84. The number of hydrogen-bond donors (Lipinski definition) is 2. The van der Waals surface area contributed by atoms with Gasteiger partial charge in [-0.2, -0.15) is 0 Å². The van der Waals surface area contributed by atoms with Crippen molar-refractivity contribution in [1.29, 1.82) is 0 Å². The third kappa shape index (κ3) is 2.08. The fourth-order valence-corrected chi connectivity index (χ4v) is 1.39. The molecule has 1 aromatic carbocycles. The molecular formula is C8H9ClF2N2. The number of nitrogens with two attached hydrogens (primary N) is 1. The Morgan fingerprint density at radius 2 is 2.15 bits per heavy atom. The SMILES string of the molecule is NNc1cccc(C(F)F)c1CCl. The Labute approximate surface area is 79.7 Å². The first-order valence-corrected chi connectivity index (χ1v) is 4.16. The van der Waals surface area contributed by atoms with Crippen LogP contribution in [0.1, 0.15) is 17.6 Å². The molecule has 0 radical (unpaired) electrons. The van der Waals surface area contributed by atoms with Crippen LogP contribution in [-0.4, -0.2) is 0 Å². The second kappa shape index (κ2) is 4.39. The van der Waals surface area contributed by atoms with E-state index in [0.29, 0.717) is 11.3 Å². The van der Waals surface area contributed by atoms with E-state index in [9.17, 15) is 8.78 Å². The molecule has 0 bridgehead atoms. The predicted molar refractivity (Wildman–Crippen MR) is 48.8 cm³/mol. The molecule has 13 heavy (non-hydrogen) atoms. The van der Waals surface area contributed by atoms with E-state index in [-0.39, 0.29) is 11.4 Å². The molecule has 2 nitrogen and oxygen atoms in total. The minimum Gasteiger partial charge on any atom is -0.324 e. The Bertz CT molecular complexity index is 291. The van der Waals surface area contributed by atoms with Gasteiger partial charge in [0.15, 0.2) is 0 Å². The Morgan fingerprint density at radius 1 is 1.46 bits per heavy atom. The van der Waals surface area contributed by atoms with Gasteiger partial charge in [0.05, 0.1) is 5.69 Å². The van der Waals surface area contributed by atoms with E-state index >= 15 is 0 Å². The van der Waals surface area contributed by atoms with Gasteiger partial charge in [0.2, 0.25) is 0 Å². The molecule has 0 atom stereocenters. The van der Waals surface area contributed by atoms with E-state index in [1.807, 2.05) is 0 Å². The lowest BCUT2D eigenvalue weighted by atomic mass is 10.1. The summed E-state index contributed by atoms with van der Waals surface area (Å²) >= 11 is 5.53. The highest BCUT2D eigenvalue weighted by Gasteiger charge is 2.14. The van der Waals surface area contributed by atoms with Crippen molar-refractivity contribution in [1.82, 2.24) is 0 Å². The molecule has 5 heteroatoms. The number of rotatable bonds is 3. The van der Waals surface area contributed by atoms with E-state index in [1.165, 1.54) is 12.1 Å². The van der Waals surface area contributed by atoms with Crippen LogP contribution in [0.3, 0.4) is 0 Å². The second-order valence-electron chi connectivity index (χ2n) is 2.45. The number of nitrogen functional groups attached to an aromatic ring is 1. The van der Waals surface area contributed by atoms with E-state index in [4.69, 9.17) is 17.4 Å². The molecule has 0 aliphatic carbocycles. The average molecular weight is 207 g/mol. The molecule has 0 fully saturated rings. The van der Waals surface area contributed by atoms with Gasteiger partial charge in [-0.15, -0.1) is 11.6 Å². The third-order valence-electron chi connectivity index (χ3n) is 1.74. The van der Waals surface area contributed by atoms with Crippen molar-refractivity contribution in [2.75, 3.05) is 5.43 Å². The number of benzene rings is 1. The monoisotopic (exact) mass is 206 g/mol. The summed E-state index contributed by atoms with van der Waals surface area (Å²) in [7, 11) is 0. The van der Waals surface area contributed by atoms with Crippen molar-refractivity contribution in [3.63, 3.8) is 0 Å². The van der Waals surface area contributed by atoms with Gasteiger partial charge in [0, 0.05) is 17.0 Å². The highest BCUT2D eigenvalue weighted by atomic mass is 35.5. The molecular weight excluding hydrogens is 198 g/mol. The summed E-state index contributed by atoms with van der Waals surface area (Å²) in [4.78, 5) is 0. The molecule has 0 heterocycles. The molecule has 0 aromatic heterocycles. The molecule has 0 amide bonds. The molecule has 72 valence electrons. The summed E-state index contributed by atoms with van der Waals surface area (Å²) in [6.45, 7) is 0. The number of alkyl halides is 3. The van der Waals surface area contributed by atoms with Gasteiger partial charge in [-0.25, -0.2) is 8.78 Å². The summed E-state index contributed by atoms with van der Waals surface area (Å²) < 4.78 is 24.8. The van der Waals surface area contributed by atoms with Gasteiger partial charge in [-0.05, 0) is 6.07 Å². The van der Waals surface area contributed by atoms with E-state index < -0.39 is 6.43 Å². The quantitative estimate of drug-likeness (QED) is 0.453. The van der Waals surface area contributed by atoms with Gasteiger partial charge >= 0.3 is 0 Å². The molecule has 0 spiro atoms. The predicted octanol–water partition coefficient (Wildman–Crippen LogP) is 2.65. The molecule has 0 unspecified atom stereocenters. The van der Waals surface area contributed by atoms with Gasteiger partial charge in [0.1, 0.15) is 0 Å². The first kappa shape index (κ1) is 10.2. The van der Waals surface area contributed by atoms with Crippen molar-refractivity contribution < 1.29 is 8.78 Å². The normalized spacial score (nSPS) is 10.5. The maximum atomic E-state index is 12.4. The summed E-state index contributed by atoms with van der Waals surface area (Å²) in [6.07, 6.45) is -2.53. The zero-order valence-corrected chi connectivity index (χ0v) is 7.48. The van der Waals surface area contributed by atoms with Crippen molar-refractivity contribution in [2.24, 2.45) is 5.84 Å². The second-order valence-corrected chi connectivity index (χ2v) is 2.72. The van der Waals surface area contributed by atoms with Crippen molar-refractivity contribution in [3.8, 4) is 0 Å². The Hall–Kier alpha value is -0.870. The number of hydrogen-bond acceptors (Lipinski definition) is 2.